The summed E-state index contributed by atoms with van der Waals surface area (Å²) in [4.78, 5) is 70.0. The first kappa shape index (κ1) is 39.3. The average Bonchev–Trinajstić information content (AvgIpc) is 3.03. The predicted molar refractivity (Wildman–Crippen MR) is 172 cm³/mol. The molecule has 6 N–H and O–H groups in total. The molecule has 0 bridgehead atoms. The first-order chi connectivity index (χ1) is 21.1. The molecule has 0 aromatic rings. The predicted octanol–water partition coefficient (Wildman–Crippen LogP) is 1.26. The molecule has 0 saturated heterocycles. The van der Waals surface area contributed by atoms with E-state index < -0.39 is 0 Å². The Labute approximate surface area is 260 Å². The lowest BCUT2D eigenvalue weighted by molar-refractivity contribution is -0.119. The fourth-order valence-electron chi connectivity index (χ4n) is 3.78. The van der Waals surface area contributed by atoms with E-state index in [0.717, 1.165) is 25.7 Å². The van der Waals surface area contributed by atoms with Crippen LogP contribution in [0.1, 0.15) is 44.9 Å². The average molecular weight is 613 g/mol. The Kier molecular flexibility index (Phi) is 23.1. The molecule has 44 heavy (non-hydrogen) atoms. The van der Waals surface area contributed by atoms with Gasteiger partial charge in [-0.25, -0.2) is 0 Å². The third-order valence-electron chi connectivity index (χ3n) is 6.21. The number of carbonyl (C=O) groups excluding carboxylic acids is 6. The molecule has 0 spiro atoms. The van der Waals surface area contributed by atoms with Crippen LogP contribution in [0.2, 0.25) is 0 Å². The molecule has 0 fully saturated rings. The van der Waals surface area contributed by atoms with Crippen LogP contribution in [0.25, 0.3) is 0 Å². The molecular formula is C32H48N6O6. The van der Waals surface area contributed by atoms with Gasteiger partial charge in [-0.05, 0) is 55.9 Å². The standard InChI is InChI=1S/C32H48N6O6/c1-5-27(39)33-21-15-16-25(22-35-28(40)6-2)23-36-32(44)19-13-12-18-31(43)34-20-14-10-9-11-17-26(38-30(42)8-4)24-37-29(41)7-3/h5-8,12-13,18-19,25-26H,1-4,9-11,14-17,20-24H2,(H,33,39)(H,34,43)(H,35,40)(H,36,44)(H,37,41)(H,38,42). The van der Waals surface area contributed by atoms with E-state index in [1.165, 1.54) is 48.6 Å². The summed E-state index contributed by atoms with van der Waals surface area (Å²) in [6, 6.07) is -0.209. The summed E-state index contributed by atoms with van der Waals surface area (Å²) in [5, 5.41) is 16.5. The number of nitrogens with one attached hydrogen (secondary N) is 6. The molecule has 0 rings (SSSR count). The molecule has 0 radical (unpaired) electrons. The van der Waals surface area contributed by atoms with Crippen LogP contribution < -0.4 is 31.9 Å². The molecule has 6 amide bonds. The van der Waals surface area contributed by atoms with Gasteiger partial charge < -0.3 is 31.9 Å². The summed E-state index contributed by atoms with van der Waals surface area (Å²) in [6.07, 6.45) is 15.7. The van der Waals surface area contributed by atoms with Gasteiger partial charge in [-0.2, -0.15) is 0 Å². The molecule has 2 atom stereocenters. The second-order valence-electron chi connectivity index (χ2n) is 9.77. The molecule has 0 aliphatic heterocycles. The number of unbranched alkanes of at least 4 members (excludes halogenated alkanes) is 3. The molecular weight excluding hydrogens is 564 g/mol. The van der Waals surface area contributed by atoms with Gasteiger partial charge in [0.1, 0.15) is 0 Å². The van der Waals surface area contributed by atoms with Crippen molar-refractivity contribution in [1.82, 2.24) is 31.9 Å². The quantitative estimate of drug-likeness (QED) is 0.0514. The fourth-order valence-corrected chi connectivity index (χ4v) is 3.78. The van der Waals surface area contributed by atoms with Crippen LogP contribution in [0.4, 0.5) is 0 Å². The van der Waals surface area contributed by atoms with Crippen LogP contribution in [0.3, 0.4) is 0 Å². The zero-order valence-electron chi connectivity index (χ0n) is 25.5. The molecule has 2 unspecified atom stereocenters. The largest absolute Gasteiger partial charge is 0.353 e. The van der Waals surface area contributed by atoms with Crippen molar-refractivity contribution in [3.05, 3.63) is 74.9 Å². The molecule has 0 heterocycles. The number of hydrogen-bond donors (Lipinski definition) is 6. The monoisotopic (exact) mass is 612 g/mol. The summed E-state index contributed by atoms with van der Waals surface area (Å²) < 4.78 is 0. The fraction of sp³-hybridized carbons (Fsp3) is 0.438. The van der Waals surface area contributed by atoms with Crippen molar-refractivity contribution >= 4 is 35.4 Å². The van der Waals surface area contributed by atoms with E-state index in [4.69, 9.17) is 0 Å². The Morgan fingerprint density at radius 2 is 0.932 bits per heavy atom. The normalized spacial score (nSPS) is 11.9. The SMILES string of the molecule is C=CC(=O)NCCCC(CNC(=O)C=C)CNC(=O)C=CC=CC(=O)NCCCCCCC(CNC(=O)C=C)NC(=O)C=C. The van der Waals surface area contributed by atoms with Crippen molar-refractivity contribution in [1.29, 1.82) is 0 Å². The lowest BCUT2D eigenvalue weighted by Gasteiger charge is -2.18. The zero-order chi connectivity index (χ0) is 33.0. The van der Waals surface area contributed by atoms with Crippen LogP contribution in [0.15, 0.2) is 74.9 Å². The van der Waals surface area contributed by atoms with Crippen LogP contribution in [0.5, 0.6) is 0 Å². The third kappa shape index (κ3) is 22.9. The number of allylic oxidation sites excluding steroid dienone is 2. The molecule has 12 heteroatoms. The van der Waals surface area contributed by atoms with E-state index in [0.29, 0.717) is 52.0 Å². The van der Waals surface area contributed by atoms with E-state index >= 15 is 0 Å². The number of rotatable bonds is 25. The van der Waals surface area contributed by atoms with E-state index in [-0.39, 0.29) is 47.4 Å². The first-order valence-corrected chi connectivity index (χ1v) is 14.7. The maximum atomic E-state index is 12.2. The highest BCUT2D eigenvalue weighted by molar-refractivity contribution is 5.90. The Hall–Kier alpha value is -4.74. The molecule has 0 aliphatic rings. The van der Waals surface area contributed by atoms with E-state index in [1.54, 1.807) is 0 Å². The van der Waals surface area contributed by atoms with Crippen molar-refractivity contribution in [2.45, 2.75) is 51.0 Å². The molecule has 0 aromatic carbocycles. The molecule has 0 aliphatic carbocycles. The summed E-state index contributed by atoms with van der Waals surface area (Å²) >= 11 is 0. The van der Waals surface area contributed by atoms with Crippen LogP contribution in [0, 0.1) is 5.92 Å². The van der Waals surface area contributed by atoms with Crippen molar-refractivity contribution in [3.63, 3.8) is 0 Å². The minimum atomic E-state index is -0.343. The van der Waals surface area contributed by atoms with Gasteiger partial charge in [0.05, 0.1) is 0 Å². The van der Waals surface area contributed by atoms with Gasteiger partial charge in [0.15, 0.2) is 0 Å². The lowest BCUT2D eigenvalue weighted by atomic mass is 10.0. The van der Waals surface area contributed by atoms with E-state index in [1.807, 2.05) is 0 Å². The second-order valence-corrected chi connectivity index (χ2v) is 9.77. The number of carbonyl (C=O) groups is 6. The first-order valence-electron chi connectivity index (χ1n) is 14.7. The summed E-state index contributed by atoms with van der Waals surface area (Å²) in [6.45, 7) is 15.6. The van der Waals surface area contributed by atoms with Gasteiger partial charge in [-0.15, -0.1) is 0 Å². The van der Waals surface area contributed by atoms with Gasteiger partial charge >= 0.3 is 0 Å². The summed E-state index contributed by atoms with van der Waals surface area (Å²) in [5.74, 6) is -1.84. The molecule has 12 nitrogen and oxygen atoms in total. The maximum absolute atomic E-state index is 12.2. The Balaban J connectivity index is 4.31. The highest BCUT2D eigenvalue weighted by Gasteiger charge is 2.12. The molecule has 242 valence electrons. The van der Waals surface area contributed by atoms with Gasteiger partial charge in [0.25, 0.3) is 0 Å². The van der Waals surface area contributed by atoms with Gasteiger partial charge in [0, 0.05) is 50.9 Å². The Bertz CT molecular complexity index is 1050. The minimum Gasteiger partial charge on any atom is -0.353 e. The van der Waals surface area contributed by atoms with Crippen molar-refractivity contribution in [2.75, 3.05) is 32.7 Å². The number of amides is 6. The minimum absolute atomic E-state index is 0.0530. The highest BCUT2D eigenvalue weighted by atomic mass is 16.2. The van der Waals surface area contributed by atoms with Crippen molar-refractivity contribution in [3.8, 4) is 0 Å². The molecule has 0 aromatic heterocycles. The van der Waals surface area contributed by atoms with Crippen LogP contribution in [-0.4, -0.2) is 74.2 Å². The summed E-state index contributed by atoms with van der Waals surface area (Å²) in [7, 11) is 0. The van der Waals surface area contributed by atoms with E-state index in [2.05, 4.69) is 58.2 Å². The van der Waals surface area contributed by atoms with E-state index in [9.17, 15) is 28.8 Å². The summed E-state index contributed by atoms with van der Waals surface area (Å²) in [5.41, 5.74) is 0. The maximum Gasteiger partial charge on any atom is 0.243 e. The van der Waals surface area contributed by atoms with Gasteiger partial charge in [-0.1, -0.05) is 57.7 Å². The third-order valence-corrected chi connectivity index (χ3v) is 6.21. The van der Waals surface area contributed by atoms with Crippen molar-refractivity contribution in [2.24, 2.45) is 5.92 Å². The van der Waals surface area contributed by atoms with Gasteiger partial charge in [-0.3, -0.25) is 28.8 Å². The number of hydrogen-bond acceptors (Lipinski definition) is 6. The van der Waals surface area contributed by atoms with Gasteiger partial charge in [0.2, 0.25) is 35.4 Å². The topological polar surface area (TPSA) is 175 Å². The molecule has 0 saturated carbocycles. The Morgan fingerprint density at radius 1 is 0.477 bits per heavy atom. The van der Waals surface area contributed by atoms with Crippen LogP contribution in [-0.2, 0) is 28.8 Å². The highest BCUT2D eigenvalue weighted by Crippen LogP contribution is 2.06. The van der Waals surface area contributed by atoms with Crippen molar-refractivity contribution < 1.29 is 28.8 Å². The Morgan fingerprint density at radius 3 is 1.52 bits per heavy atom. The van der Waals surface area contributed by atoms with Crippen LogP contribution >= 0.6 is 0 Å². The second kappa shape index (κ2) is 25.9. The smallest absolute Gasteiger partial charge is 0.243 e. The lowest BCUT2D eigenvalue weighted by Crippen LogP contribution is -2.42. The zero-order valence-corrected chi connectivity index (χ0v) is 25.5.